The first-order valence-corrected chi connectivity index (χ1v) is 8.71. The van der Waals surface area contributed by atoms with Crippen molar-refractivity contribution in [2.24, 2.45) is 5.92 Å². The van der Waals surface area contributed by atoms with E-state index in [-0.39, 0.29) is 4.90 Å². The van der Waals surface area contributed by atoms with Gasteiger partial charge in [0.1, 0.15) is 10.7 Å². The van der Waals surface area contributed by atoms with Gasteiger partial charge in [-0.2, -0.15) is 4.31 Å². The quantitative estimate of drug-likeness (QED) is 0.863. The van der Waals surface area contributed by atoms with Gasteiger partial charge in [0.25, 0.3) is 0 Å². The number of aromatic nitrogens is 1. The minimum atomic E-state index is -3.43. The largest absolute Gasteiger partial charge is 0.384 e. The molecule has 1 N–H and O–H groups in total. The van der Waals surface area contributed by atoms with Gasteiger partial charge in [-0.15, -0.1) is 0 Å². The SMILES string of the molecule is CCNc1ccc(S(=O)(=O)N2CCC(COC)CC2)cn1. The second kappa shape index (κ2) is 7.20. The number of hydrogen-bond donors (Lipinski definition) is 1. The van der Waals surface area contributed by atoms with Crippen LogP contribution in [-0.2, 0) is 14.8 Å². The molecule has 0 amide bonds. The van der Waals surface area contributed by atoms with E-state index >= 15 is 0 Å². The molecule has 1 aliphatic heterocycles. The summed E-state index contributed by atoms with van der Waals surface area (Å²) in [5.41, 5.74) is 0. The molecular weight excluding hydrogens is 290 g/mol. The van der Waals surface area contributed by atoms with Crippen LogP contribution >= 0.6 is 0 Å². The third-order valence-corrected chi connectivity index (χ3v) is 5.59. The first-order chi connectivity index (χ1) is 10.1. The highest BCUT2D eigenvalue weighted by Crippen LogP contribution is 2.24. The Labute approximate surface area is 126 Å². The summed E-state index contributed by atoms with van der Waals surface area (Å²) in [5, 5.41) is 3.05. The van der Waals surface area contributed by atoms with Crippen molar-refractivity contribution in [2.75, 3.05) is 38.7 Å². The van der Waals surface area contributed by atoms with E-state index in [2.05, 4.69) is 10.3 Å². The lowest BCUT2D eigenvalue weighted by atomic mass is 9.99. The number of nitrogens with zero attached hydrogens (tertiary/aromatic N) is 2. The zero-order chi connectivity index (χ0) is 15.3. The maximum atomic E-state index is 12.6. The molecule has 1 aromatic rings. The topological polar surface area (TPSA) is 71.5 Å². The van der Waals surface area contributed by atoms with Crippen molar-refractivity contribution in [3.05, 3.63) is 18.3 Å². The number of sulfonamides is 1. The number of piperidine rings is 1. The first kappa shape index (κ1) is 16.2. The van der Waals surface area contributed by atoms with E-state index in [4.69, 9.17) is 4.74 Å². The fourth-order valence-corrected chi connectivity index (χ4v) is 3.94. The Bertz CT molecular complexity index is 537. The summed E-state index contributed by atoms with van der Waals surface area (Å²) in [5.74, 6) is 1.14. The number of nitrogens with one attached hydrogen (secondary N) is 1. The van der Waals surface area contributed by atoms with Crippen LogP contribution in [0.3, 0.4) is 0 Å². The van der Waals surface area contributed by atoms with Crippen molar-refractivity contribution >= 4 is 15.8 Å². The third-order valence-electron chi connectivity index (χ3n) is 3.71. The molecule has 1 aliphatic rings. The summed E-state index contributed by atoms with van der Waals surface area (Å²) >= 11 is 0. The molecule has 0 bridgehead atoms. The van der Waals surface area contributed by atoms with Gasteiger partial charge in [-0.25, -0.2) is 13.4 Å². The molecular formula is C14H23N3O3S. The minimum Gasteiger partial charge on any atom is -0.384 e. The van der Waals surface area contributed by atoms with Crippen molar-refractivity contribution in [3.63, 3.8) is 0 Å². The normalized spacial score (nSPS) is 17.8. The molecule has 0 aliphatic carbocycles. The smallest absolute Gasteiger partial charge is 0.244 e. The molecule has 0 aromatic carbocycles. The van der Waals surface area contributed by atoms with Gasteiger partial charge in [0, 0.05) is 39.5 Å². The highest BCUT2D eigenvalue weighted by atomic mass is 32.2. The molecule has 0 saturated carbocycles. The summed E-state index contributed by atoms with van der Waals surface area (Å²) in [4.78, 5) is 4.40. The van der Waals surface area contributed by atoms with Crippen molar-refractivity contribution in [1.82, 2.24) is 9.29 Å². The highest BCUT2D eigenvalue weighted by molar-refractivity contribution is 7.89. The van der Waals surface area contributed by atoms with Gasteiger partial charge in [-0.05, 0) is 37.8 Å². The van der Waals surface area contributed by atoms with Gasteiger partial charge in [-0.1, -0.05) is 0 Å². The van der Waals surface area contributed by atoms with Gasteiger partial charge >= 0.3 is 0 Å². The highest BCUT2D eigenvalue weighted by Gasteiger charge is 2.29. The van der Waals surface area contributed by atoms with Crippen molar-refractivity contribution < 1.29 is 13.2 Å². The summed E-state index contributed by atoms with van der Waals surface area (Å²) < 4.78 is 31.8. The Morgan fingerprint density at radius 3 is 2.62 bits per heavy atom. The van der Waals surface area contributed by atoms with E-state index in [1.807, 2.05) is 6.92 Å². The van der Waals surface area contributed by atoms with Gasteiger partial charge in [-0.3, -0.25) is 0 Å². The standard InChI is InChI=1S/C14H23N3O3S/c1-3-15-14-5-4-13(10-16-14)21(18,19)17-8-6-12(7-9-17)11-20-2/h4-5,10,12H,3,6-9,11H2,1-2H3,(H,15,16). The van der Waals surface area contributed by atoms with E-state index in [1.165, 1.54) is 6.20 Å². The molecule has 0 atom stereocenters. The molecule has 118 valence electrons. The molecule has 2 rings (SSSR count). The molecule has 1 aromatic heterocycles. The first-order valence-electron chi connectivity index (χ1n) is 7.27. The fourth-order valence-electron chi connectivity index (χ4n) is 2.52. The molecule has 21 heavy (non-hydrogen) atoms. The molecule has 0 radical (unpaired) electrons. The molecule has 0 spiro atoms. The predicted molar refractivity (Wildman–Crippen MR) is 81.8 cm³/mol. The number of hydrogen-bond acceptors (Lipinski definition) is 5. The minimum absolute atomic E-state index is 0.259. The molecule has 6 nitrogen and oxygen atoms in total. The predicted octanol–water partition coefficient (Wildman–Crippen LogP) is 1.56. The average molecular weight is 313 g/mol. The maximum absolute atomic E-state index is 12.6. The maximum Gasteiger partial charge on any atom is 0.244 e. The van der Waals surface area contributed by atoms with E-state index in [0.717, 1.165) is 19.4 Å². The van der Waals surface area contributed by atoms with E-state index in [0.29, 0.717) is 31.4 Å². The van der Waals surface area contributed by atoms with Crippen molar-refractivity contribution in [2.45, 2.75) is 24.7 Å². The molecule has 1 fully saturated rings. The average Bonchev–Trinajstić information content (AvgIpc) is 2.49. The van der Waals surface area contributed by atoms with Gasteiger partial charge in [0.2, 0.25) is 10.0 Å². The van der Waals surface area contributed by atoms with Crippen LogP contribution in [0.4, 0.5) is 5.82 Å². The van der Waals surface area contributed by atoms with Crippen LogP contribution < -0.4 is 5.32 Å². The van der Waals surface area contributed by atoms with Crippen LogP contribution in [0.15, 0.2) is 23.2 Å². The van der Waals surface area contributed by atoms with E-state index < -0.39 is 10.0 Å². The van der Waals surface area contributed by atoms with Crippen LogP contribution in [0, 0.1) is 5.92 Å². The molecule has 2 heterocycles. The van der Waals surface area contributed by atoms with Gasteiger partial charge in [0.15, 0.2) is 0 Å². The van der Waals surface area contributed by atoms with Crippen LogP contribution in [0.1, 0.15) is 19.8 Å². The van der Waals surface area contributed by atoms with Gasteiger partial charge in [0.05, 0.1) is 0 Å². The number of methoxy groups -OCH3 is 1. The third kappa shape index (κ3) is 3.93. The van der Waals surface area contributed by atoms with Crippen molar-refractivity contribution in [1.29, 1.82) is 0 Å². The number of ether oxygens (including phenoxy) is 1. The van der Waals surface area contributed by atoms with Gasteiger partial charge < -0.3 is 10.1 Å². The van der Waals surface area contributed by atoms with Crippen LogP contribution in [0.25, 0.3) is 0 Å². The van der Waals surface area contributed by atoms with E-state index in [1.54, 1.807) is 23.5 Å². The molecule has 7 heteroatoms. The van der Waals surface area contributed by atoms with Crippen LogP contribution in [0.5, 0.6) is 0 Å². The van der Waals surface area contributed by atoms with Crippen LogP contribution in [-0.4, -0.2) is 51.1 Å². The lowest BCUT2D eigenvalue weighted by molar-refractivity contribution is 0.121. The second-order valence-electron chi connectivity index (χ2n) is 5.21. The fraction of sp³-hybridized carbons (Fsp3) is 0.643. The Morgan fingerprint density at radius 2 is 2.10 bits per heavy atom. The van der Waals surface area contributed by atoms with E-state index in [9.17, 15) is 8.42 Å². The zero-order valence-corrected chi connectivity index (χ0v) is 13.4. The lowest BCUT2D eigenvalue weighted by Gasteiger charge is -2.30. The Morgan fingerprint density at radius 1 is 1.38 bits per heavy atom. The Balaban J connectivity index is 2.04. The Hall–Kier alpha value is -1.18. The zero-order valence-electron chi connectivity index (χ0n) is 12.6. The van der Waals surface area contributed by atoms with Crippen molar-refractivity contribution in [3.8, 4) is 0 Å². The lowest BCUT2D eigenvalue weighted by Crippen LogP contribution is -2.39. The molecule has 0 unspecified atom stereocenters. The summed E-state index contributed by atoms with van der Waals surface area (Å²) in [6.07, 6.45) is 3.11. The summed E-state index contributed by atoms with van der Waals surface area (Å²) in [7, 11) is -1.75. The summed E-state index contributed by atoms with van der Waals surface area (Å²) in [6, 6.07) is 3.32. The molecule has 1 saturated heterocycles. The number of pyridine rings is 1. The summed E-state index contributed by atoms with van der Waals surface area (Å²) in [6.45, 7) is 4.52. The van der Waals surface area contributed by atoms with Crippen LogP contribution in [0.2, 0.25) is 0 Å². The monoisotopic (exact) mass is 313 g/mol. The Kier molecular flexibility index (Phi) is 5.55. The number of anilines is 1. The second-order valence-corrected chi connectivity index (χ2v) is 7.15. The number of rotatable bonds is 6.